The molecule has 1 amide bonds. The third-order valence-electron chi connectivity index (χ3n) is 4.13. The zero-order chi connectivity index (χ0) is 14.9. The first-order chi connectivity index (χ1) is 10.3. The number of methoxy groups -OCH3 is 1. The van der Waals surface area contributed by atoms with E-state index in [0.29, 0.717) is 25.5 Å². The molecule has 1 aliphatic heterocycles. The third-order valence-corrected chi connectivity index (χ3v) is 4.13. The monoisotopic (exact) mass is 326 g/mol. The molecule has 1 saturated heterocycles. The molecule has 0 spiro atoms. The summed E-state index contributed by atoms with van der Waals surface area (Å²) in [5, 5.41) is 6.38. The Hall–Kier alpha value is -1.10. The summed E-state index contributed by atoms with van der Waals surface area (Å²) in [5.74, 6) is 0.860. The Morgan fingerprint density at radius 2 is 1.95 bits per heavy atom. The minimum absolute atomic E-state index is 0. The molecule has 0 atom stereocenters. The summed E-state index contributed by atoms with van der Waals surface area (Å²) in [6.45, 7) is 3.36. The number of hydrogen-bond acceptors (Lipinski definition) is 3. The van der Waals surface area contributed by atoms with Crippen molar-refractivity contribution in [2.45, 2.75) is 38.8 Å². The SMILES string of the molecule is COCc1ccccc1CNC(=O)CCC1CCNCC1.Cl. The minimum Gasteiger partial charge on any atom is -0.380 e. The van der Waals surface area contributed by atoms with Gasteiger partial charge in [-0.1, -0.05) is 24.3 Å². The molecule has 1 aliphatic rings. The average molecular weight is 327 g/mol. The molecule has 1 fully saturated rings. The lowest BCUT2D eigenvalue weighted by molar-refractivity contribution is -0.121. The molecule has 2 rings (SSSR count). The highest BCUT2D eigenvalue weighted by Crippen LogP contribution is 2.17. The molecule has 4 nitrogen and oxygen atoms in total. The van der Waals surface area contributed by atoms with Gasteiger partial charge in [0.05, 0.1) is 6.61 Å². The van der Waals surface area contributed by atoms with Gasteiger partial charge in [0.2, 0.25) is 5.91 Å². The molecule has 0 saturated carbocycles. The summed E-state index contributed by atoms with van der Waals surface area (Å²) < 4.78 is 5.18. The Labute approximate surface area is 139 Å². The zero-order valence-electron chi connectivity index (χ0n) is 13.3. The number of carbonyl (C=O) groups excluding carboxylic acids is 1. The molecule has 0 aromatic heterocycles. The van der Waals surface area contributed by atoms with Gasteiger partial charge >= 0.3 is 0 Å². The van der Waals surface area contributed by atoms with Crippen molar-refractivity contribution in [3.8, 4) is 0 Å². The van der Waals surface area contributed by atoms with Crippen molar-refractivity contribution in [3.05, 3.63) is 35.4 Å². The molecule has 0 aliphatic carbocycles. The predicted octanol–water partition coefficient (Wildman–Crippen LogP) is 2.65. The van der Waals surface area contributed by atoms with Gasteiger partial charge in [0.1, 0.15) is 0 Å². The van der Waals surface area contributed by atoms with Gasteiger partial charge in [0.15, 0.2) is 0 Å². The maximum atomic E-state index is 12.0. The number of piperidine rings is 1. The smallest absolute Gasteiger partial charge is 0.220 e. The van der Waals surface area contributed by atoms with E-state index in [1.165, 1.54) is 12.8 Å². The third kappa shape index (κ3) is 6.34. The van der Waals surface area contributed by atoms with Gasteiger partial charge in [-0.2, -0.15) is 0 Å². The van der Waals surface area contributed by atoms with Crippen LogP contribution in [0.5, 0.6) is 0 Å². The van der Waals surface area contributed by atoms with E-state index >= 15 is 0 Å². The van der Waals surface area contributed by atoms with Gasteiger partial charge in [-0.3, -0.25) is 4.79 Å². The van der Waals surface area contributed by atoms with E-state index in [4.69, 9.17) is 4.74 Å². The second kappa shape index (κ2) is 10.6. The maximum Gasteiger partial charge on any atom is 0.220 e. The van der Waals surface area contributed by atoms with Crippen LogP contribution in [0.15, 0.2) is 24.3 Å². The Kier molecular flexibility index (Phi) is 9.13. The van der Waals surface area contributed by atoms with Gasteiger partial charge in [-0.05, 0) is 49.4 Å². The van der Waals surface area contributed by atoms with Crippen molar-refractivity contribution in [2.75, 3.05) is 20.2 Å². The van der Waals surface area contributed by atoms with Crippen LogP contribution in [0.3, 0.4) is 0 Å². The molecule has 22 heavy (non-hydrogen) atoms. The molecule has 0 radical (unpaired) electrons. The summed E-state index contributed by atoms with van der Waals surface area (Å²) in [4.78, 5) is 12.0. The lowest BCUT2D eigenvalue weighted by Gasteiger charge is -2.22. The Morgan fingerprint density at radius 1 is 1.27 bits per heavy atom. The van der Waals surface area contributed by atoms with Crippen LogP contribution in [-0.2, 0) is 22.7 Å². The Morgan fingerprint density at radius 3 is 2.64 bits per heavy atom. The van der Waals surface area contributed by atoms with Crippen molar-refractivity contribution in [2.24, 2.45) is 5.92 Å². The molecule has 124 valence electrons. The molecule has 0 bridgehead atoms. The van der Waals surface area contributed by atoms with Crippen LogP contribution in [-0.4, -0.2) is 26.1 Å². The fourth-order valence-electron chi connectivity index (χ4n) is 2.81. The standard InChI is InChI=1S/C17H26N2O2.ClH/c1-21-13-16-5-3-2-4-15(16)12-19-17(20)7-6-14-8-10-18-11-9-14;/h2-5,14,18H,6-13H2,1H3,(H,19,20);1H. The quantitative estimate of drug-likeness (QED) is 0.810. The summed E-state index contributed by atoms with van der Waals surface area (Å²) in [6, 6.07) is 8.08. The van der Waals surface area contributed by atoms with E-state index in [2.05, 4.69) is 10.6 Å². The van der Waals surface area contributed by atoms with E-state index in [1.54, 1.807) is 7.11 Å². The molecule has 1 heterocycles. The zero-order valence-corrected chi connectivity index (χ0v) is 14.1. The number of carbonyl (C=O) groups is 1. The van der Waals surface area contributed by atoms with E-state index < -0.39 is 0 Å². The van der Waals surface area contributed by atoms with E-state index in [9.17, 15) is 4.79 Å². The summed E-state index contributed by atoms with van der Waals surface area (Å²) in [5.41, 5.74) is 2.27. The fourth-order valence-corrected chi connectivity index (χ4v) is 2.81. The Bertz CT molecular complexity index is 448. The van der Waals surface area contributed by atoms with Gasteiger partial charge in [0.25, 0.3) is 0 Å². The first-order valence-corrected chi connectivity index (χ1v) is 7.82. The lowest BCUT2D eigenvalue weighted by atomic mass is 9.93. The van der Waals surface area contributed by atoms with Crippen molar-refractivity contribution in [1.29, 1.82) is 0 Å². The van der Waals surface area contributed by atoms with Crippen molar-refractivity contribution >= 4 is 18.3 Å². The molecular weight excluding hydrogens is 300 g/mol. The van der Waals surface area contributed by atoms with Crippen LogP contribution in [0.25, 0.3) is 0 Å². The largest absolute Gasteiger partial charge is 0.380 e. The van der Waals surface area contributed by atoms with Crippen LogP contribution in [0.1, 0.15) is 36.8 Å². The normalized spacial score (nSPS) is 15.1. The average Bonchev–Trinajstić information content (AvgIpc) is 2.53. The van der Waals surface area contributed by atoms with Gasteiger partial charge in [0, 0.05) is 20.1 Å². The van der Waals surface area contributed by atoms with Gasteiger partial charge in [-0.25, -0.2) is 0 Å². The van der Waals surface area contributed by atoms with Crippen molar-refractivity contribution in [1.82, 2.24) is 10.6 Å². The number of nitrogens with one attached hydrogen (secondary N) is 2. The number of benzene rings is 1. The second-order valence-corrected chi connectivity index (χ2v) is 5.71. The predicted molar refractivity (Wildman–Crippen MR) is 91.1 cm³/mol. The van der Waals surface area contributed by atoms with Crippen LogP contribution < -0.4 is 10.6 Å². The number of amides is 1. The molecule has 5 heteroatoms. The highest BCUT2D eigenvalue weighted by atomic mass is 35.5. The lowest BCUT2D eigenvalue weighted by Crippen LogP contribution is -2.29. The summed E-state index contributed by atoms with van der Waals surface area (Å²) >= 11 is 0. The van der Waals surface area contributed by atoms with Crippen LogP contribution >= 0.6 is 12.4 Å². The van der Waals surface area contributed by atoms with E-state index in [-0.39, 0.29) is 18.3 Å². The highest BCUT2D eigenvalue weighted by molar-refractivity contribution is 5.85. The molecule has 1 aromatic carbocycles. The summed E-state index contributed by atoms with van der Waals surface area (Å²) in [6.07, 6.45) is 4.04. The second-order valence-electron chi connectivity index (χ2n) is 5.71. The van der Waals surface area contributed by atoms with E-state index in [1.807, 2.05) is 24.3 Å². The number of ether oxygens (including phenoxy) is 1. The van der Waals surface area contributed by atoms with Gasteiger partial charge in [-0.15, -0.1) is 12.4 Å². The van der Waals surface area contributed by atoms with Crippen molar-refractivity contribution < 1.29 is 9.53 Å². The Balaban J connectivity index is 0.00000242. The minimum atomic E-state index is 0. The number of hydrogen-bond donors (Lipinski definition) is 2. The fraction of sp³-hybridized carbons (Fsp3) is 0.588. The van der Waals surface area contributed by atoms with Crippen LogP contribution in [0, 0.1) is 5.92 Å². The molecule has 1 aromatic rings. The highest BCUT2D eigenvalue weighted by Gasteiger charge is 2.14. The first kappa shape index (κ1) is 18.9. The maximum absolute atomic E-state index is 12.0. The summed E-state index contributed by atoms with van der Waals surface area (Å²) in [7, 11) is 1.69. The van der Waals surface area contributed by atoms with Crippen molar-refractivity contribution in [3.63, 3.8) is 0 Å². The molecule has 0 unspecified atom stereocenters. The number of halogens is 1. The van der Waals surface area contributed by atoms with Crippen LogP contribution in [0.2, 0.25) is 0 Å². The first-order valence-electron chi connectivity index (χ1n) is 7.82. The van der Waals surface area contributed by atoms with Crippen LogP contribution in [0.4, 0.5) is 0 Å². The van der Waals surface area contributed by atoms with E-state index in [0.717, 1.165) is 30.6 Å². The molecular formula is C17H27ClN2O2. The van der Waals surface area contributed by atoms with Gasteiger partial charge < -0.3 is 15.4 Å². The topological polar surface area (TPSA) is 50.4 Å². The molecule has 2 N–H and O–H groups in total. The number of rotatable bonds is 7.